The lowest BCUT2D eigenvalue weighted by Gasteiger charge is -2.39. The number of fused-ring (bicyclic) bond motifs is 1. The summed E-state index contributed by atoms with van der Waals surface area (Å²) in [7, 11) is 0. The van der Waals surface area contributed by atoms with Crippen LogP contribution >= 0.6 is 35.0 Å². The van der Waals surface area contributed by atoms with Crippen LogP contribution in [0.4, 0.5) is 5.69 Å². The molecule has 1 aliphatic rings. The Balaban J connectivity index is 1.48. The minimum atomic E-state index is -1.17. The lowest BCUT2D eigenvalue weighted by atomic mass is 9.93. The fraction of sp³-hybridized carbons (Fsp3) is 0.410. The molecule has 3 aromatic carbocycles. The number of amides is 2. The number of carbonyl (C=O) groups is 2. The molecule has 4 aromatic rings. The van der Waals surface area contributed by atoms with E-state index in [2.05, 4.69) is 25.2 Å². The first kappa shape index (κ1) is 38.8. The highest BCUT2D eigenvalue weighted by Crippen LogP contribution is 2.35. The van der Waals surface area contributed by atoms with Gasteiger partial charge in [0.05, 0.1) is 23.1 Å². The highest BCUT2D eigenvalue weighted by atomic mass is 35.5. The summed E-state index contributed by atoms with van der Waals surface area (Å²) in [6, 6.07) is 18.3. The number of halogens is 2. The van der Waals surface area contributed by atoms with Crippen LogP contribution in [0, 0.1) is 13.8 Å². The summed E-state index contributed by atoms with van der Waals surface area (Å²) < 4.78 is 1.68. The van der Waals surface area contributed by atoms with Crippen molar-refractivity contribution in [2.45, 2.75) is 83.5 Å². The molecule has 0 radical (unpaired) electrons. The Morgan fingerprint density at radius 2 is 1.71 bits per heavy atom. The van der Waals surface area contributed by atoms with Crippen LogP contribution in [-0.2, 0) is 17.8 Å². The number of thioether (sulfide) groups is 1. The van der Waals surface area contributed by atoms with Crippen molar-refractivity contribution in [2.75, 3.05) is 30.8 Å². The Morgan fingerprint density at radius 1 is 1.00 bits per heavy atom. The second-order valence-electron chi connectivity index (χ2n) is 13.1. The number of unbranched alkanes of at least 4 members (excludes halogenated alkanes) is 2. The van der Waals surface area contributed by atoms with Gasteiger partial charge in [0.1, 0.15) is 6.23 Å². The third kappa shape index (κ3) is 9.35. The van der Waals surface area contributed by atoms with Crippen LogP contribution < -0.4 is 5.32 Å². The second-order valence-corrected chi connectivity index (χ2v) is 14.9. The molecule has 2 amide bonds. The molecule has 2 atom stereocenters. The zero-order valence-corrected chi connectivity index (χ0v) is 32.0. The van der Waals surface area contributed by atoms with Gasteiger partial charge >= 0.3 is 0 Å². The van der Waals surface area contributed by atoms with Gasteiger partial charge in [0.25, 0.3) is 5.91 Å². The van der Waals surface area contributed by atoms with Crippen molar-refractivity contribution in [3.8, 4) is 5.69 Å². The Labute approximate surface area is 314 Å². The van der Waals surface area contributed by atoms with Gasteiger partial charge in [0, 0.05) is 52.5 Å². The van der Waals surface area contributed by atoms with Gasteiger partial charge in [-0.15, -0.1) is 11.8 Å². The Kier molecular flexibility index (Phi) is 13.6. The maximum Gasteiger partial charge on any atom is 0.274 e. The van der Waals surface area contributed by atoms with E-state index in [9.17, 15) is 19.8 Å². The van der Waals surface area contributed by atoms with Gasteiger partial charge in [-0.05, 0) is 86.2 Å². The van der Waals surface area contributed by atoms with E-state index in [0.29, 0.717) is 58.7 Å². The van der Waals surface area contributed by atoms with Crippen LogP contribution in [0.15, 0.2) is 65.6 Å². The van der Waals surface area contributed by atoms with Crippen molar-refractivity contribution in [1.29, 1.82) is 0 Å². The minimum Gasteiger partial charge on any atom is -0.395 e. The molecule has 2 heterocycles. The van der Waals surface area contributed by atoms with E-state index in [1.165, 1.54) is 11.8 Å². The van der Waals surface area contributed by atoms with E-state index < -0.39 is 6.23 Å². The van der Waals surface area contributed by atoms with Crippen molar-refractivity contribution in [2.24, 2.45) is 0 Å². The fourth-order valence-corrected chi connectivity index (χ4v) is 7.72. The Bertz CT molecular complexity index is 1840. The normalized spacial score (nSPS) is 15.0. The number of hydrogen-bond donors (Lipinski definition) is 3. The lowest BCUT2D eigenvalue weighted by molar-refractivity contribution is -0.113. The average molecular weight is 753 g/mol. The predicted molar refractivity (Wildman–Crippen MR) is 206 cm³/mol. The number of aliphatic hydroxyl groups is 2. The van der Waals surface area contributed by atoms with Gasteiger partial charge < -0.3 is 20.4 Å². The van der Waals surface area contributed by atoms with Gasteiger partial charge in [-0.3, -0.25) is 14.5 Å². The number of rotatable bonds is 15. The van der Waals surface area contributed by atoms with Crippen LogP contribution in [0.1, 0.15) is 84.2 Å². The first-order valence-corrected chi connectivity index (χ1v) is 19.3. The van der Waals surface area contributed by atoms with Crippen molar-refractivity contribution in [3.05, 3.63) is 104 Å². The quantitative estimate of drug-likeness (QED) is 0.106. The second kappa shape index (κ2) is 17.9. The number of aromatic nitrogens is 2. The van der Waals surface area contributed by atoms with Gasteiger partial charge in [0.15, 0.2) is 5.69 Å². The third-order valence-corrected chi connectivity index (χ3v) is 11.2. The Hall–Kier alpha value is -3.38. The number of anilines is 1. The van der Waals surface area contributed by atoms with E-state index in [0.717, 1.165) is 53.0 Å². The molecule has 0 spiro atoms. The molecule has 0 fully saturated rings. The zero-order chi connectivity index (χ0) is 36.7. The van der Waals surface area contributed by atoms with Gasteiger partial charge in [-0.25, -0.2) is 4.68 Å². The largest absolute Gasteiger partial charge is 0.395 e. The average Bonchev–Trinajstić information content (AvgIpc) is 3.52. The molecule has 1 unspecified atom stereocenters. The van der Waals surface area contributed by atoms with Crippen LogP contribution in [0.3, 0.4) is 0 Å². The summed E-state index contributed by atoms with van der Waals surface area (Å²) in [5.74, 6) is -0.266. The molecule has 272 valence electrons. The maximum atomic E-state index is 13.7. The molecule has 5 rings (SSSR count). The van der Waals surface area contributed by atoms with Crippen molar-refractivity contribution in [3.63, 3.8) is 0 Å². The van der Waals surface area contributed by atoms with Crippen LogP contribution in [0.5, 0.6) is 0 Å². The van der Waals surface area contributed by atoms with Crippen LogP contribution in [-0.4, -0.2) is 73.1 Å². The Morgan fingerprint density at radius 3 is 2.39 bits per heavy atom. The fourth-order valence-electron chi connectivity index (χ4n) is 6.35. The number of nitrogens with zero attached hydrogens (tertiary/aromatic N) is 4. The molecular formula is C39H47Cl2N5O4S. The molecule has 1 aromatic heterocycles. The van der Waals surface area contributed by atoms with E-state index in [-0.39, 0.29) is 30.2 Å². The molecule has 0 bridgehead atoms. The molecule has 0 aliphatic carbocycles. The summed E-state index contributed by atoms with van der Waals surface area (Å²) >= 11 is 13.9. The first-order chi connectivity index (χ1) is 24.5. The summed E-state index contributed by atoms with van der Waals surface area (Å²) in [5.41, 5.74) is 5.68. The SMILES string of the molecule is CCCCN(CCCC)C(=O)c1cc(C)n(-c2ccc(NC(=O)CSc3cc(C)c(Cl)cc3Cl)cc2C(O)N2Cc3ccccc3C[C@H]2CO)n1. The summed E-state index contributed by atoms with van der Waals surface area (Å²) in [6.07, 6.45) is 3.20. The molecule has 51 heavy (non-hydrogen) atoms. The number of carbonyl (C=O) groups excluding carboxylic acids is 2. The van der Waals surface area contributed by atoms with Gasteiger partial charge in [-0.1, -0.05) is 74.2 Å². The highest BCUT2D eigenvalue weighted by Gasteiger charge is 2.33. The summed E-state index contributed by atoms with van der Waals surface area (Å²) in [4.78, 5) is 31.4. The topological polar surface area (TPSA) is 111 Å². The van der Waals surface area contributed by atoms with Crippen molar-refractivity contribution >= 4 is 52.5 Å². The predicted octanol–water partition coefficient (Wildman–Crippen LogP) is 7.98. The van der Waals surface area contributed by atoms with E-state index >= 15 is 0 Å². The molecule has 3 N–H and O–H groups in total. The maximum absolute atomic E-state index is 13.7. The molecule has 1 aliphatic heterocycles. The van der Waals surface area contributed by atoms with Crippen molar-refractivity contribution < 1.29 is 19.8 Å². The van der Waals surface area contributed by atoms with Crippen LogP contribution in [0.25, 0.3) is 5.69 Å². The first-order valence-electron chi connectivity index (χ1n) is 17.5. The number of benzene rings is 3. The van der Waals surface area contributed by atoms with Crippen molar-refractivity contribution in [1.82, 2.24) is 19.6 Å². The van der Waals surface area contributed by atoms with E-state index in [4.69, 9.17) is 28.3 Å². The smallest absolute Gasteiger partial charge is 0.274 e. The lowest BCUT2D eigenvalue weighted by Crippen LogP contribution is -2.45. The van der Waals surface area contributed by atoms with Crippen LogP contribution in [0.2, 0.25) is 10.0 Å². The number of nitrogens with one attached hydrogen (secondary N) is 1. The third-order valence-electron chi connectivity index (χ3n) is 9.27. The summed E-state index contributed by atoms with van der Waals surface area (Å²) in [5, 5.41) is 31.4. The standard InChI is InChI=1S/C39H47Cl2N5O4S/c1-5-7-15-44(16-8-6-2)39(50)34-18-26(4)46(43-34)35-14-13-29(42-37(48)24-51-36-17-25(3)32(40)21-33(36)41)20-31(35)38(49)45-22-28-12-10-9-11-27(28)19-30(45)23-47/h9-14,17-18,20-21,30,38,47,49H,5-8,15-16,19,22-24H2,1-4H3,(H,42,48)/t30-,38?/m0/s1. The molecular weight excluding hydrogens is 705 g/mol. The zero-order valence-electron chi connectivity index (χ0n) is 29.7. The molecule has 0 saturated heterocycles. The number of aryl methyl sites for hydroxylation is 2. The van der Waals surface area contributed by atoms with E-state index in [1.807, 2.05) is 47.9 Å². The molecule has 12 heteroatoms. The summed E-state index contributed by atoms with van der Waals surface area (Å²) in [6.45, 7) is 9.59. The molecule has 9 nitrogen and oxygen atoms in total. The van der Waals surface area contributed by atoms with Gasteiger partial charge in [-0.2, -0.15) is 5.10 Å². The van der Waals surface area contributed by atoms with E-state index in [1.54, 1.807) is 35.0 Å². The van der Waals surface area contributed by atoms with Gasteiger partial charge in [0.2, 0.25) is 5.91 Å². The number of hydrogen-bond acceptors (Lipinski definition) is 7. The number of aliphatic hydroxyl groups excluding tert-OH is 2. The minimum absolute atomic E-state index is 0.103. The highest BCUT2D eigenvalue weighted by molar-refractivity contribution is 8.00. The monoisotopic (exact) mass is 751 g/mol. The molecule has 0 saturated carbocycles.